The molecule has 2 aromatic rings. The van der Waals surface area contributed by atoms with Crippen LogP contribution in [-0.2, 0) is 0 Å². The van der Waals surface area contributed by atoms with Gasteiger partial charge in [-0.25, -0.2) is 4.37 Å². The fraction of sp³-hybridized carbons (Fsp3) is 0. The maximum absolute atomic E-state index is 11.6. The van der Waals surface area contributed by atoms with Crippen LogP contribution in [0.4, 0.5) is 5.69 Å². The van der Waals surface area contributed by atoms with E-state index in [9.17, 15) is 4.79 Å². The fourth-order valence-electron chi connectivity index (χ4n) is 1.06. The molecular weight excluding hydrogens is 276 g/mol. The van der Waals surface area contributed by atoms with Gasteiger partial charge in [0.2, 0.25) is 0 Å². The summed E-state index contributed by atoms with van der Waals surface area (Å²) in [6.45, 7) is 0. The summed E-state index contributed by atoms with van der Waals surface area (Å²) in [5.74, 6) is -0.125. The van der Waals surface area contributed by atoms with Crippen molar-refractivity contribution in [3.05, 3.63) is 45.9 Å². The topological polar surface area (TPSA) is 42.0 Å². The second-order valence-electron chi connectivity index (χ2n) is 2.84. The van der Waals surface area contributed by atoms with Crippen molar-refractivity contribution in [3.8, 4) is 0 Å². The van der Waals surface area contributed by atoms with Crippen molar-refractivity contribution in [1.82, 2.24) is 4.37 Å². The fourth-order valence-corrected chi connectivity index (χ4v) is 1.81. The molecule has 1 heterocycles. The molecule has 1 aromatic carbocycles. The van der Waals surface area contributed by atoms with E-state index in [2.05, 4.69) is 25.6 Å². The maximum atomic E-state index is 11.6. The minimum Gasteiger partial charge on any atom is -0.321 e. The average molecular weight is 283 g/mol. The molecule has 5 heteroatoms. The molecule has 0 radical (unpaired) electrons. The van der Waals surface area contributed by atoms with Crippen LogP contribution >= 0.6 is 27.5 Å². The Morgan fingerprint density at radius 3 is 2.60 bits per heavy atom. The number of rotatable bonds is 2. The molecule has 0 bridgehead atoms. The van der Waals surface area contributed by atoms with Crippen LogP contribution < -0.4 is 5.32 Å². The molecule has 0 saturated carbocycles. The third-order valence-corrected chi connectivity index (χ3v) is 3.04. The van der Waals surface area contributed by atoms with Crippen molar-refractivity contribution >= 4 is 39.1 Å². The Morgan fingerprint density at radius 1 is 1.27 bits per heavy atom. The number of hydrogen-bond acceptors (Lipinski definition) is 3. The molecule has 0 fully saturated rings. The highest BCUT2D eigenvalue weighted by atomic mass is 79.9. The lowest BCUT2D eigenvalue weighted by molar-refractivity contribution is 0.103. The number of nitrogens with zero attached hydrogens (tertiary/aromatic N) is 1. The number of nitrogens with one attached hydrogen (secondary N) is 1. The number of carbonyl (C=O) groups excluding carboxylic acids is 1. The van der Waals surface area contributed by atoms with Gasteiger partial charge in [0.25, 0.3) is 5.91 Å². The summed E-state index contributed by atoms with van der Waals surface area (Å²) in [6.07, 6.45) is 1.61. The van der Waals surface area contributed by atoms with Gasteiger partial charge in [-0.05, 0) is 41.9 Å². The number of amides is 1. The second kappa shape index (κ2) is 4.55. The largest absolute Gasteiger partial charge is 0.321 e. The molecule has 0 aliphatic rings. The first-order chi connectivity index (χ1) is 7.25. The Balaban J connectivity index is 2.09. The lowest BCUT2D eigenvalue weighted by Gasteiger charge is -2.02. The molecule has 0 unspecified atom stereocenters. The summed E-state index contributed by atoms with van der Waals surface area (Å²) in [4.78, 5) is 12.2. The molecule has 0 spiro atoms. The van der Waals surface area contributed by atoms with Gasteiger partial charge in [-0.15, -0.1) is 0 Å². The molecule has 2 rings (SSSR count). The van der Waals surface area contributed by atoms with E-state index in [0.29, 0.717) is 4.88 Å². The van der Waals surface area contributed by atoms with E-state index >= 15 is 0 Å². The third kappa shape index (κ3) is 2.64. The standard InChI is InChI=1S/C10H7BrN2OS/c11-7-1-3-8(4-2-7)13-10(14)9-5-6-12-15-9/h1-6H,(H,13,14). The molecule has 0 saturated heterocycles. The molecule has 0 atom stereocenters. The van der Waals surface area contributed by atoms with Gasteiger partial charge in [0, 0.05) is 16.4 Å². The Kier molecular flexibility index (Phi) is 3.13. The lowest BCUT2D eigenvalue weighted by Crippen LogP contribution is -2.09. The van der Waals surface area contributed by atoms with Gasteiger partial charge in [0.1, 0.15) is 4.88 Å². The summed E-state index contributed by atoms with van der Waals surface area (Å²) in [5, 5.41) is 2.78. The van der Waals surface area contributed by atoms with Crippen molar-refractivity contribution in [2.24, 2.45) is 0 Å². The summed E-state index contributed by atoms with van der Waals surface area (Å²) in [6, 6.07) is 9.12. The van der Waals surface area contributed by atoms with E-state index in [0.717, 1.165) is 10.2 Å². The van der Waals surface area contributed by atoms with Crippen LogP contribution in [0, 0.1) is 0 Å². The number of anilines is 1. The van der Waals surface area contributed by atoms with E-state index in [1.54, 1.807) is 12.3 Å². The van der Waals surface area contributed by atoms with E-state index < -0.39 is 0 Å². The molecule has 76 valence electrons. The van der Waals surface area contributed by atoms with Crippen molar-refractivity contribution in [1.29, 1.82) is 0 Å². The molecule has 3 nitrogen and oxygen atoms in total. The van der Waals surface area contributed by atoms with Crippen molar-refractivity contribution in [3.63, 3.8) is 0 Å². The average Bonchev–Trinajstić information content (AvgIpc) is 2.74. The summed E-state index contributed by atoms with van der Waals surface area (Å²) < 4.78 is 4.86. The summed E-state index contributed by atoms with van der Waals surface area (Å²) >= 11 is 4.51. The first kappa shape index (κ1) is 10.3. The molecule has 1 N–H and O–H groups in total. The smallest absolute Gasteiger partial charge is 0.267 e. The van der Waals surface area contributed by atoms with Gasteiger partial charge in [-0.1, -0.05) is 15.9 Å². The Morgan fingerprint density at radius 2 is 2.00 bits per heavy atom. The molecule has 1 aromatic heterocycles. The Labute approximate surface area is 99.4 Å². The van der Waals surface area contributed by atoms with Crippen LogP contribution in [0.1, 0.15) is 9.67 Å². The third-order valence-electron chi connectivity index (χ3n) is 1.76. The van der Waals surface area contributed by atoms with E-state index in [1.807, 2.05) is 24.3 Å². The molecule has 0 aliphatic carbocycles. The van der Waals surface area contributed by atoms with Crippen LogP contribution in [0.3, 0.4) is 0 Å². The number of aromatic nitrogens is 1. The first-order valence-electron chi connectivity index (χ1n) is 4.23. The van der Waals surface area contributed by atoms with Crippen LogP contribution in [-0.4, -0.2) is 10.3 Å². The van der Waals surface area contributed by atoms with Gasteiger partial charge in [0.15, 0.2) is 0 Å². The van der Waals surface area contributed by atoms with Crippen molar-refractivity contribution < 1.29 is 4.79 Å². The van der Waals surface area contributed by atoms with E-state index in [1.165, 1.54) is 11.5 Å². The monoisotopic (exact) mass is 282 g/mol. The van der Waals surface area contributed by atoms with Gasteiger partial charge >= 0.3 is 0 Å². The molecular formula is C10H7BrN2OS. The van der Waals surface area contributed by atoms with Crippen LogP contribution in [0.5, 0.6) is 0 Å². The molecule has 1 amide bonds. The highest BCUT2D eigenvalue weighted by molar-refractivity contribution is 9.10. The molecule has 0 aliphatic heterocycles. The van der Waals surface area contributed by atoms with Gasteiger partial charge < -0.3 is 5.32 Å². The zero-order chi connectivity index (χ0) is 10.7. The van der Waals surface area contributed by atoms with E-state index in [4.69, 9.17) is 0 Å². The summed E-state index contributed by atoms with van der Waals surface area (Å²) in [5.41, 5.74) is 0.775. The highest BCUT2D eigenvalue weighted by Crippen LogP contribution is 2.15. The van der Waals surface area contributed by atoms with Gasteiger partial charge in [-0.3, -0.25) is 4.79 Å². The molecule has 15 heavy (non-hydrogen) atoms. The number of hydrogen-bond donors (Lipinski definition) is 1. The van der Waals surface area contributed by atoms with E-state index in [-0.39, 0.29) is 5.91 Å². The zero-order valence-electron chi connectivity index (χ0n) is 7.61. The minimum absolute atomic E-state index is 0.125. The Bertz CT molecular complexity index is 453. The van der Waals surface area contributed by atoms with Crippen LogP contribution in [0.15, 0.2) is 41.0 Å². The maximum Gasteiger partial charge on any atom is 0.267 e. The Hall–Kier alpha value is -1.20. The van der Waals surface area contributed by atoms with Gasteiger partial charge in [-0.2, -0.15) is 0 Å². The SMILES string of the molecule is O=C(Nc1ccc(Br)cc1)c1ccns1. The zero-order valence-corrected chi connectivity index (χ0v) is 10.0. The predicted octanol–water partition coefficient (Wildman–Crippen LogP) is 3.16. The lowest BCUT2D eigenvalue weighted by atomic mass is 10.3. The van der Waals surface area contributed by atoms with Crippen molar-refractivity contribution in [2.45, 2.75) is 0 Å². The minimum atomic E-state index is -0.125. The number of halogens is 1. The number of benzene rings is 1. The normalized spacial score (nSPS) is 9.93. The second-order valence-corrected chi connectivity index (χ2v) is 4.59. The predicted molar refractivity (Wildman–Crippen MR) is 64.2 cm³/mol. The first-order valence-corrected chi connectivity index (χ1v) is 5.80. The number of carbonyl (C=O) groups is 1. The van der Waals surface area contributed by atoms with Gasteiger partial charge in [0.05, 0.1) is 0 Å². The van der Waals surface area contributed by atoms with Crippen molar-refractivity contribution in [2.75, 3.05) is 5.32 Å². The van der Waals surface area contributed by atoms with Crippen LogP contribution in [0.2, 0.25) is 0 Å². The quantitative estimate of drug-likeness (QED) is 0.919. The highest BCUT2D eigenvalue weighted by Gasteiger charge is 2.06. The summed E-state index contributed by atoms with van der Waals surface area (Å²) in [7, 11) is 0. The van der Waals surface area contributed by atoms with Crippen LogP contribution in [0.25, 0.3) is 0 Å².